The van der Waals surface area contributed by atoms with Gasteiger partial charge in [-0.05, 0) is 57.2 Å². The summed E-state index contributed by atoms with van der Waals surface area (Å²) in [6.45, 7) is 8.20. The van der Waals surface area contributed by atoms with Crippen molar-refractivity contribution in [2.45, 2.75) is 26.4 Å². The summed E-state index contributed by atoms with van der Waals surface area (Å²) in [6, 6.07) is 15.1. The number of esters is 1. The van der Waals surface area contributed by atoms with Gasteiger partial charge in [0, 0.05) is 53.0 Å². The van der Waals surface area contributed by atoms with Gasteiger partial charge < -0.3 is 34.9 Å². The zero-order valence-corrected chi connectivity index (χ0v) is 24.4. The molecule has 0 aliphatic heterocycles. The molecule has 0 aliphatic carbocycles. The van der Waals surface area contributed by atoms with Crippen LogP contribution in [0.1, 0.15) is 31.1 Å². The number of pyridine rings is 2. The maximum Gasteiger partial charge on any atom is 0.407 e. The number of carbonyl (C=O) groups is 2. The molecule has 0 spiro atoms. The summed E-state index contributed by atoms with van der Waals surface area (Å²) in [6.07, 6.45) is 3.07. The SMILES string of the molecule is COC(=O)c1ccc2c(c1)nc(Nc1cccc(NCCOCCOCCNC(=O)OC(C)(C)C)c1)c1ccncc12. The predicted molar refractivity (Wildman–Crippen MR) is 162 cm³/mol. The third kappa shape index (κ3) is 8.76. The molecule has 2 aromatic heterocycles. The Morgan fingerprint density at radius 1 is 0.857 bits per heavy atom. The number of amides is 1. The second kappa shape index (κ2) is 14.4. The highest BCUT2D eigenvalue weighted by molar-refractivity contribution is 6.11. The highest BCUT2D eigenvalue weighted by Crippen LogP contribution is 2.31. The molecule has 11 heteroatoms. The Balaban J connectivity index is 1.26. The molecule has 4 rings (SSSR count). The van der Waals surface area contributed by atoms with Crippen LogP contribution >= 0.6 is 0 Å². The average Bonchev–Trinajstić information content (AvgIpc) is 2.97. The minimum absolute atomic E-state index is 0.372. The van der Waals surface area contributed by atoms with E-state index in [1.165, 1.54) is 7.11 Å². The summed E-state index contributed by atoms with van der Waals surface area (Å²) in [4.78, 5) is 32.8. The van der Waals surface area contributed by atoms with Crippen LogP contribution in [-0.4, -0.2) is 74.3 Å². The van der Waals surface area contributed by atoms with Crippen molar-refractivity contribution in [1.82, 2.24) is 15.3 Å². The molecule has 1 amide bonds. The van der Waals surface area contributed by atoms with Crippen LogP contribution in [0, 0.1) is 0 Å². The van der Waals surface area contributed by atoms with Crippen molar-refractivity contribution in [3.63, 3.8) is 0 Å². The minimum atomic E-state index is -0.523. The van der Waals surface area contributed by atoms with E-state index < -0.39 is 17.7 Å². The lowest BCUT2D eigenvalue weighted by atomic mass is 10.1. The van der Waals surface area contributed by atoms with Gasteiger partial charge in [-0.1, -0.05) is 12.1 Å². The standard InChI is InChI=1S/C31H37N5O6/c1-31(2,3)42-30(38)34-13-15-41-17-16-40-14-12-33-22-6-5-7-23(19-22)35-28-25-10-11-32-20-26(25)24-9-8-21(29(37)39-4)18-27(24)36-28/h5-11,18-20,33H,12-17H2,1-4H3,(H,34,38)(H,35,36). The molecule has 3 N–H and O–H groups in total. The molecule has 222 valence electrons. The zero-order valence-electron chi connectivity index (χ0n) is 24.4. The molecule has 11 nitrogen and oxygen atoms in total. The smallest absolute Gasteiger partial charge is 0.407 e. The number of hydrogen-bond acceptors (Lipinski definition) is 10. The first kappa shape index (κ1) is 30.5. The number of methoxy groups -OCH3 is 1. The second-order valence-electron chi connectivity index (χ2n) is 10.4. The van der Waals surface area contributed by atoms with Gasteiger partial charge in [0.05, 0.1) is 44.6 Å². The molecule has 0 unspecified atom stereocenters. The van der Waals surface area contributed by atoms with E-state index in [2.05, 4.69) is 20.9 Å². The molecule has 2 heterocycles. The first-order valence-corrected chi connectivity index (χ1v) is 13.7. The van der Waals surface area contributed by atoms with Crippen molar-refractivity contribution in [3.05, 3.63) is 66.5 Å². The van der Waals surface area contributed by atoms with E-state index >= 15 is 0 Å². The molecule has 42 heavy (non-hydrogen) atoms. The number of nitrogens with one attached hydrogen (secondary N) is 3. The second-order valence-corrected chi connectivity index (χ2v) is 10.4. The van der Waals surface area contributed by atoms with Crippen LogP contribution in [0.5, 0.6) is 0 Å². The fourth-order valence-electron chi connectivity index (χ4n) is 4.16. The van der Waals surface area contributed by atoms with Crippen LogP contribution in [0.15, 0.2) is 60.9 Å². The van der Waals surface area contributed by atoms with Gasteiger partial charge in [-0.2, -0.15) is 0 Å². The fourth-order valence-corrected chi connectivity index (χ4v) is 4.16. The maximum atomic E-state index is 12.1. The highest BCUT2D eigenvalue weighted by atomic mass is 16.6. The molecule has 0 saturated heterocycles. The van der Waals surface area contributed by atoms with Gasteiger partial charge >= 0.3 is 12.1 Å². The van der Waals surface area contributed by atoms with Crippen LogP contribution in [0.3, 0.4) is 0 Å². The normalized spacial score (nSPS) is 11.3. The summed E-state index contributed by atoms with van der Waals surface area (Å²) >= 11 is 0. The Morgan fingerprint density at radius 2 is 1.62 bits per heavy atom. The largest absolute Gasteiger partial charge is 0.465 e. The van der Waals surface area contributed by atoms with Crippen molar-refractivity contribution >= 4 is 50.9 Å². The van der Waals surface area contributed by atoms with Crippen LogP contribution < -0.4 is 16.0 Å². The van der Waals surface area contributed by atoms with Crippen molar-refractivity contribution in [3.8, 4) is 0 Å². The van der Waals surface area contributed by atoms with E-state index in [-0.39, 0.29) is 0 Å². The summed E-state index contributed by atoms with van der Waals surface area (Å²) in [5, 5.41) is 12.2. The molecule has 4 aromatic rings. The third-order valence-electron chi connectivity index (χ3n) is 6.00. The number of carbonyl (C=O) groups excluding carboxylic acids is 2. The Hall–Kier alpha value is -4.48. The lowest BCUT2D eigenvalue weighted by Gasteiger charge is -2.19. The number of benzene rings is 2. The number of aromatic nitrogens is 2. The zero-order chi connectivity index (χ0) is 30.0. The van der Waals surface area contributed by atoms with Crippen LogP contribution in [0.25, 0.3) is 21.7 Å². The van der Waals surface area contributed by atoms with Gasteiger partial charge in [0.25, 0.3) is 0 Å². The van der Waals surface area contributed by atoms with Crippen molar-refractivity contribution in [1.29, 1.82) is 0 Å². The Bertz CT molecular complexity index is 1520. The van der Waals surface area contributed by atoms with Gasteiger partial charge in [0.2, 0.25) is 0 Å². The van der Waals surface area contributed by atoms with E-state index in [4.69, 9.17) is 23.9 Å². The van der Waals surface area contributed by atoms with Crippen LogP contribution in [0.2, 0.25) is 0 Å². The van der Waals surface area contributed by atoms with Crippen molar-refractivity contribution in [2.75, 3.05) is 57.3 Å². The van der Waals surface area contributed by atoms with Crippen molar-refractivity contribution < 1.29 is 28.5 Å². The van der Waals surface area contributed by atoms with Crippen LogP contribution in [-0.2, 0) is 18.9 Å². The molecule has 2 aromatic carbocycles. The summed E-state index contributed by atoms with van der Waals surface area (Å²) in [7, 11) is 1.36. The number of rotatable bonds is 13. The van der Waals surface area contributed by atoms with E-state index in [0.29, 0.717) is 56.4 Å². The lowest BCUT2D eigenvalue weighted by molar-refractivity contribution is 0.0415. The summed E-state index contributed by atoms with van der Waals surface area (Å²) < 4.78 is 21.2. The molecule has 0 saturated carbocycles. The first-order chi connectivity index (χ1) is 20.2. The first-order valence-electron chi connectivity index (χ1n) is 13.7. The Labute approximate surface area is 244 Å². The number of ether oxygens (including phenoxy) is 4. The van der Waals surface area contributed by atoms with Gasteiger partial charge in [0.1, 0.15) is 11.4 Å². The number of nitrogens with zero attached hydrogens (tertiary/aromatic N) is 2. The molecule has 0 bridgehead atoms. The predicted octanol–water partition coefficient (Wildman–Crippen LogP) is 5.28. The highest BCUT2D eigenvalue weighted by Gasteiger charge is 2.15. The number of fused-ring (bicyclic) bond motifs is 3. The average molecular weight is 576 g/mol. The molecular weight excluding hydrogens is 538 g/mol. The van der Waals surface area contributed by atoms with Gasteiger partial charge in [-0.15, -0.1) is 0 Å². The third-order valence-corrected chi connectivity index (χ3v) is 6.00. The van der Waals surface area contributed by atoms with E-state index in [1.54, 1.807) is 24.5 Å². The van der Waals surface area contributed by atoms with Crippen molar-refractivity contribution in [2.24, 2.45) is 0 Å². The number of hydrogen-bond donors (Lipinski definition) is 3. The lowest BCUT2D eigenvalue weighted by Crippen LogP contribution is -2.34. The fraction of sp³-hybridized carbons (Fsp3) is 0.355. The quantitative estimate of drug-likeness (QED) is 0.110. The minimum Gasteiger partial charge on any atom is -0.465 e. The number of anilines is 3. The topological polar surface area (TPSA) is 133 Å². The van der Waals surface area contributed by atoms with E-state index in [0.717, 1.165) is 27.5 Å². The van der Waals surface area contributed by atoms with Gasteiger partial charge in [0.15, 0.2) is 0 Å². The summed E-state index contributed by atoms with van der Waals surface area (Å²) in [5.41, 5.74) is 2.35. The molecule has 0 aliphatic rings. The molecular formula is C31H37N5O6. The van der Waals surface area contributed by atoms with Gasteiger partial charge in [-0.25, -0.2) is 14.6 Å². The Morgan fingerprint density at radius 3 is 2.38 bits per heavy atom. The molecule has 0 radical (unpaired) electrons. The Kier molecular flexibility index (Phi) is 10.5. The van der Waals surface area contributed by atoms with Gasteiger partial charge in [-0.3, -0.25) is 4.98 Å². The van der Waals surface area contributed by atoms with Crippen LogP contribution in [0.4, 0.5) is 22.0 Å². The van der Waals surface area contributed by atoms with E-state index in [1.807, 2.05) is 57.2 Å². The number of alkyl carbamates (subject to hydrolysis) is 1. The molecule has 0 atom stereocenters. The molecule has 0 fully saturated rings. The van der Waals surface area contributed by atoms with E-state index in [9.17, 15) is 9.59 Å². The summed E-state index contributed by atoms with van der Waals surface area (Å²) in [5.74, 6) is 0.242. The maximum absolute atomic E-state index is 12.1. The monoisotopic (exact) mass is 575 g/mol.